The Morgan fingerprint density at radius 1 is 1.00 bits per heavy atom. The summed E-state index contributed by atoms with van der Waals surface area (Å²) in [6, 6.07) is 1.49. The first-order chi connectivity index (χ1) is 8.85. The third kappa shape index (κ3) is 3.69. The van der Waals surface area contributed by atoms with Crippen LogP contribution in [0.2, 0.25) is 0 Å². The second-order valence-electron chi connectivity index (χ2n) is 6.02. The molecule has 0 aromatic heterocycles. The lowest BCUT2D eigenvalue weighted by atomic mass is 10.1. The van der Waals surface area contributed by atoms with E-state index in [0.29, 0.717) is 6.04 Å². The Kier molecular flexibility index (Phi) is 5.93. The molecule has 18 heavy (non-hydrogen) atoms. The minimum absolute atomic E-state index is 0.612. The highest BCUT2D eigenvalue weighted by atomic mass is 15.3. The first-order valence-corrected chi connectivity index (χ1v) is 8.03. The molecule has 1 heterocycles. The summed E-state index contributed by atoms with van der Waals surface area (Å²) < 4.78 is 0. The highest BCUT2D eigenvalue weighted by Gasteiger charge is 2.26. The lowest BCUT2D eigenvalue weighted by molar-refractivity contribution is 0.0647. The van der Waals surface area contributed by atoms with Crippen LogP contribution in [0.15, 0.2) is 0 Å². The van der Waals surface area contributed by atoms with Gasteiger partial charge >= 0.3 is 0 Å². The van der Waals surface area contributed by atoms with Gasteiger partial charge in [0.15, 0.2) is 0 Å². The fourth-order valence-corrected chi connectivity index (χ4v) is 3.66. The van der Waals surface area contributed by atoms with Crippen LogP contribution in [-0.2, 0) is 0 Å². The number of hydrogen-bond acceptors (Lipinski definition) is 3. The van der Waals surface area contributed by atoms with Crippen molar-refractivity contribution in [3.63, 3.8) is 0 Å². The van der Waals surface area contributed by atoms with Crippen LogP contribution in [0, 0.1) is 0 Å². The molecule has 0 bridgehead atoms. The van der Waals surface area contributed by atoms with Crippen LogP contribution in [0.25, 0.3) is 0 Å². The zero-order chi connectivity index (χ0) is 12.8. The molecule has 3 heteroatoms. The molecule has 1 atom stereocenters. The van der Waals surface area contributed by atoms with Crippen molar-refractivity contribution in [2.45, 2.75) is 64.0 Å². The standard InChI is InChI=1S/C15H31N3/c1-2-14(13-16)17-9-11-18(12-10-17)15-7-5-3-4-6-8-15/h14-15H,2-13,16H2,1H3. The topological polar surface area (TPSA) is 32.5 Å². The number of hydrogen-bond donors (Lipinski definition) is 1. The van der Waals surface area contributed by atoms with Gasteiger partial charge in [-0.05, 0) is 19.3 Å². The smallest absolute Gasteiger partial charge is 0.0216 e. The number of piperazine rings is 1. The van der Waals surface area contributed by atoms with Crippen molar-refractivity contribution in [3.05, 3.63) is 0 Å². The van der Waals surface area contributed by atoms with Crippen molar-refractivity contribution >= 4 is 0 Å². The van der Waals surface area contributed by atoms with Crippen molar-refractivity contribution in [2.24, 2.45) is 5.73 Å². The summed E-state index contributed by atoms with van der Waals surface area (Å²) in [6.07, 6.45) is 9.89. The van der Waals surface area contributed by atoms with Gasteiger partial charge in [0.05, 0.1) is 0 Å². The predicted molar refractivity (Wildman–Crippen MR) is 77.8 cm³/mol. The highest BCUT2D eigenvalue weighted by molar-refractivity contribution is 4.83. The summed E-state index contributed by atoms with van der Waals surface area (Å²) >= 11 is 0. The molecule has 1 aliphatic heterocycles. The quantitative estimate of drug-likeness (QED) is 0.779. The Hall–Kier alpha value is -0.120. The van der Waals surface area contributed by atoms with E-state index in [2.05, 4.69) is 16.7 Å². The van der Waals surface area contributed by atoms with Crippen molar-refractivity contribution < 1.29 is 0 Å². The Labute approximate surface area is 113 Å². The molecule has 0 aromatic carbocycles. The average molecular weight is 253 g/mol. The molecule has 2 N–H and O–H groups in total. The van der Waals surface area contributed by atoms with E-state index in [1.54, 1.807) is 0 Å². The molecule has 2 fully saturated rings. The number of rotatable bonds is 4. The summed E-state index contributed by atoms with van der Waals surface area (Å²) in [7, 11) is 0. The molecular weight excluding hydrogens is 222 g/mol. The van der Waals surface area contributed by atoms with E-state index >= 15 is 0 Å². The van der Waals surface area contributed by atoms with Gasteiger partial charge in [-0.2, -0.15) is 0 Å². The number of nitrogens with two attached hydrogens (primary N) is 1. The molecule has 1 saturated carbocycles. The molecule has 0 aromatic rings. The molecule has 0 spiro atoms. The fraction of sp³-hybridized carbons (Fsp3) is 1.00. The molecule has 1 aliphatic carbocycles. The van der Waals surface area contributed by atoms with Crippen LogP contribution in [0.5, 0.6) is 0 Å². The lowest BCUT2D eigenvalue weighted by Gasteiger charge is -2.42. The third-order valence-electron chi connectivity index (χ3n) is 4.95. The first-order valence-electron chi connectivity index (χ1n) is 8.03. The molecule has 3 nitrogen and oxygen atoms in total. The second kappa shape index (κ2) is 7.46. The Morgan fingerprint density at radius 3 is 2.11 bits per heavy atom. The van der Waals surface area contributed by atoms with Gasteiger partial charge in [-0.15, -0.1) is 0 Å². The van der Waals surface area contributed by atoms with E-state index in [0.717, 1.165) is 12.6 Å². The van der Waals surface area contributed by atoms with Gasteiger partial charge in [-0.1, -0.05) is 32.6 Å². The average Bonchev–Trinajstić information content (AvgIpc) is 2.70. The van der Waals surface area contributed by atoms with Crippen molar-refractivity contribution in [1.82, 2.24) is 9.80 Å². The van der Waals surface area contributed by atoms with Gasteiger partial charge in [0, 0.05) is 44.8 Å². The van der Waals surface area contributed by atoms with Gasteiger partial charge < -0.3 is 5.73 Å². The summed E-state index contributed by atoms with van der Waals surface area (Å²) in [4.78, 5) is 5.36. The van der Waals surface area contributed by atoms with Crippen LogP contribution in [-0.4, -0.2) is 54.6 Å². The van der Waals surface area contributed by atoms with Crippen LogP contribution < -0.4 is 5.73 Å². The lowest BCUT2D eigenvalue weighted by Crippen LogP contribution is -2.54. The predicted octanol–water partition coefficient (Wildman–Crippen LogP) is 2.06. The maximum Gasteiger partial charge on any atom is 0.0216 e. The first kappa shape index (κ1) is 14.3. The van der Waals surface area contributed by atoms with Crippen LogP contribution in [0.3, 0.4) is 0 Å². The molecule has 1 saturated heterocycles. The van der Waals surface area contributed by atoms with Gasteiger partial charge in [0.1, 0.15) is 0 Å². The highest BCUT2D eigenvalue weighted by Crippen LogP contribution is 2.23. The normalized spacial score (nSPS) is 27.0. The molecule has 106 valence electrons. The van der Waals surface area contributed by atoms with Crippen LogP contribution in [0.4, 0.5) is 0 Å². The molecule has 0 amide bonds. The molecule has 1 unspecified atom stereocenters. The molecular formula is C15H31N3. The maximum atomic E-state index is 5.86. The van der Waals surface area contributed by atoms with E-state index < -0.39 is 0 Å². The zero-order valence-corrected chi connectivity index (χ0v) is 12.1. The van der Waals surface area contributed by atoms with Gasteiger partial charge in [0.25, 0.3) is 0 Å². The number of nitrogens with zero attached hydrogens (tertiary/aromatic N) is 2. The molecule has 2 aliphatic rings. The van der Waals surface area contributed by atoms with E-state index in [1.807, 2.05) is 0 Å². The maximum absolute atomic E-state index is 5.86. The van der Waals surface area contributed by atoms with Crippen LogP contribution >= 0.6 is 0 Å². The minimum atomic E-state index is 0.612. The van der Waals surface area contributed by atoms with Gasteiger partial charge in [-0.25, -0.2) is 0 Å². The zero-order valence-electron chi connectivity index (χ0n) is 12.1. The van der Waals surface area contributed by atoms with Crippen LogP contribution in [0.1, 0.15) is 51.9 Å². The summed E-state index contributed by atoms with van der Waals surface area (Å²) in [5.41, 5.74) is 5.86. The monoisotopic (exact) mass is 253 g/mol. The minimum Gasteiger partial charge on any atom is -0.329 e. The largest absolute Gasteiger partial charge is 0.329 e. The fourth-order valence-electron chi connectivity index (χ4n) is 3.66. The summed E-state index contributed by atoms with van der Waals surface area (Å²) in [5.74, 6) is 0. The van der Waals surface area contributed by atoms with E-state index in [-0.39, 0.29) is 0 Å². The van der Waals surface area contributed by atoms with E-state index in [4.69, 9.17) is 5.73 Å². The summed E-state index contributed by atoms with van der Waals surface area (Å²) in [5, 5.41) is 0. The van der Waals surface area contributed by atoms with Gasteiger partial charge in [-0.3, -0.25) is 9.80 Å². The Bertz CT molecular complexity index is 212. The third-order valence-corrected chi connectivity index (χ3v) is 4.95. The van der Waals surface area contributed by atoms with E-state index in [9.17, 15) is 0 Å². The molecule has 2 rings (SSSR count). The SMILES string of the molecule is CCC(CN)N1CCN(C2CCCCCC2)CC1. The van der Waals surface area contributed by atoms with Crippen molar-refractivity contribution in [3.8, 4) is 0 Å². The Balaban J connectivity index is 1.78. The molecule has 0 radical (unpaired) electrons. The second-order valence-corrected chi connectivity index (χ2v) is 6.02. The summed E-state index contributed by atoms with van der Waals surface area (Å²) in [6.45, 7) is 8.07. The van der Waals surface area contributed by atoms with Crippen molar-refractivity contribution in [2.75, 3.05) is 32.7 Å². The Morgan fingerprint density at radius 2 is 1.61 bits per heavy atom. The van der Waals surface area contributed by atoms with E-state index in [1.165, 1.54) is 71.1 Å². The van der Waals surface area contributed by atoms with Crippen molar-refractivity contribution in [1.29, 1.82) is 0 Å². The van der Waals surface area contributed by atoms with Gasteiger partial charge in [0.2, 0.25) is 0 Å².